The maximum atomic E-state index is 13.3. The number of aliphatic imine (C=N–C) groups is 1. The zero-order chi connectivity index (χ0) is 20.4. The molecule has 3 N–H and O–H groups in total. The van der Waals surface area contributed by atoms with Gasteiger partial charge in [-0.15, -0.1) is 0 Å². The highest BCUT2D eigenvalue weighted by atomic mass is 16.3. The number of guanidine groups is 1. The monoisotopic (exact) mass is 404 g/mol. The number of aliphatic hydroxyl groups excluding tert-OH is 1. The van der Waals surface area contributed by atoms with E-state index >= 15 is 0 Å². The molecule has 6 heteroatoms. The highest BCUT2D eigenvalue weighted by Gasteiger charge is 2.48. The Bertz CT molecular complexity index is 618. The number of carbonyl (C=O) groups excluding carboxylic acids is 1. The zero-order valence-corrected chi connectivity index (χ0v) is 18.2. The van der Waals surface area contributed by atoms with Crippen molar-refractivity contribution in [3.63, 3.8) is 0 Å². The van der Waals surface area contributed by atoms with Gasteiger partial charge in [0.05, 0.1) is 6.10 Å². The van der Waals surface area contributed by atoms with Gasteiger partial charge in [-0.2, -0.15) is 0 Å². The first-order chi connectivity index (χ1) is 14.0. The van der Waals surface area contributed by atoms with Crippen LogP contribution in [0.3, 0.4) is 0 Å². The topological polar surface area (TPSA) is 82.2 Å². The number of likely N-dealkylation sites (N-methyl/N-ethyl adjacent to an activating group) is 1. The summed E-state index contributed by atoms with van der Waals surface area (Å²) in [6.07, 6.45) is 14.9. The van der Waals surface area contributed by atoms with E-state index in [0.29, 0.717) is 17.9 Å². The molecule has 0 aromatic carbocycles. The first kappa shape index (κ1) is 21.1. The van der Waals surface area contributed by atoms with Gasteiger partial charge in [-0.1, -0.05) is 44.9 Å². The lowest BCUT2D eigenvalue weighted by Crippen LogP contribution is -2.45. The number of carbonyl (C=O) groups is 1. The van der Waals surface area contributed by atoms with Crippen molar-refractivity contribution in [1.29, 1.82) is 0 Å². The highest BCUT2D eigenvalue weighted by Crippen LogP contribution is 2.41. The van der Waals surface area contributed by atoms with Crippen LogP contribution in [0.4, 0.5) is 0 Å². The summed E-state index contributed by atoms with van der Waals surface area (Å²) in [5, 5.41) is 9.93. The van der Waals surface area contributed by atoms with Crippen LogP contribution in [0, 0.1) is 11.8 Å². The molecule has 2 aliphatic carbocycles. The van der Waals surface area contributed by atoms with Gasteiger partial charge in [-0.25, -0.2) is 4.99 Å². The third-order valence-electron chi connectivity index (χ3n) is 8.16. The molecule has 0 aromatic rings. The quantitative estimate of drug-likeness (QED) is 0.713. The molecule has 2 saturated carbocycles. The van der Waals surface area contributed by atoms with E-state index in [0.717, 1.165) is 51.1 Å². The maximum absolute atomic E-state index is 13.3. The number of hydrogen-bond donors (Lipinski definition) is 2. The molecule has 3 fully saturated rings. The van der Waals surface area contributed by atoms with E-state index in [4.69, 9.17) is 10.7 Å². The van der Waals surface area contributed by atoms with Gasteiger partial charge in [0, 0.05) is 26.2 Å². The summed E-state index contributed by atoms with van der Waals surface area (Å²) in [5.41, 5.74) is 5.49. The van der Waals surface area contributed by atoms with E-state index in [1.807, 2.05) is 0 Å². The molecule has 2 heterocycles. The lowest BCUT2D eigenvalue weighted by Gasteiger charge is -2.38. The summed E-state index contributed by atoms with van der Waals surface area (Å²) < 4.78 is 0. The minimum absolute atomic E-state index is 0.115. The van der Waals surface area contributed by atoms with Crippen LogP contribution in [-0.4, -0.2) is 64.6 Å². The van der Waals surface area contributed by atoms with Crippen LogP contribution >= 0.6 is 0 Å². The van der Waals surface area contributed by atoms with Crippen molar-refractivity contribution in [1.82, 2.24) is 9.80 Å². The van der Waals surface area contributed by atoms with Crippen LogP contribution in [-0.2, 0) is 4.79 Å². The van der Waals surface area contributed by atoms with Gasteiger partial charge in [0.25, 0.3) is 5.91 Å². The van der Waals surface area contributed by atoms with Crippen molar-refractivity contribution in [2.24, 2.45) is 22.6 Å². The molecule has 4 rings (SSSR count). The summed E-state index contributed by atoms with van der Waals surface area (Å²) in [6, 6.07) is 0.553. The average Bonchev–Trinajstić information content (AvgIpc) is 3.25. The fourth-order valence-corrected chi connectivity index (χ4v) is 6.43. The Morgan fingerprint density at radius 2 is 1.86 bits per heavy atom. The second-order valence-electron chi connectivity index (χ2n) is 10.2. The first-order valence-electron chi connectivity index (χ1n) is 12.0. The molecule has 1 unspecified atom stereocenters. The third-order valence-corrected chi connectivity index (χ3v) is 8.16. The number of aliphatic hydroxyl groups is 1. The summed E-state index contributed by atoms with van der Waals surface area (Å²) in [4.78, 5) is 22.1. The molecular formula is C23H40N4O2. The minimum atomic E-state index is -0.632. The van der Waals surface area contributed by atoms with Crippen molar-refractivity contribution >= 4 is 11.9 Å². The molecule has 0 aromatic heterocycles. The molecule has 164 valence electrons. The Hall–Kier alpha value is -1.14. The van der Waals surface area contributed by atoms with Gasteiger partial charge in [-0.3, -0.25) is 14.6 Å². The standard InChI is InChI=1S/C23H40N4O2/c1-26-21(29)23(25-22(26)24,12-10-17-6-3-2-4-7-17)15-18-8-5-9-19(14-18)27-13-11-20(28)16-27/h17-20,28H,2-16H2,1H3,(H2,24,25)/t18-,19-,20?,23+/m0/s1. The molecule has 1 amide bonds. The molecule has 0 spiro atoms. The zero-order valence-electron chi connectivity index (χ0n) is 18.2. The van der Waals surface area contributed by atoms with E-state index in [2.05, 4.69) is 4.90 Å². The van der Waals surface area contributed by atoms with Crippen molar-refractivity contribution < 1.29 is 9.90 Å². The van der Waals surface area contributed by atoms with Gasteiger partial charge in [0.15, 0.2) is 5.96 Å². The highest BCUT2D eigenvalue weighted by molar-refractivity contribution is 6.06. The lowest BCUT2D eigenvalue weighted by atomic mass is 9.74. The van der Waals surface area contributed by atoms with E-state index < -0.39 is 5.54 Å². The minimum Gasteiger partial charge on any atom is -0.392 e. The Balaban J connectivity index is 1.43. The molecule has 0 bridgehead atoms. The lowest BCUT2D eigenvalue weighted by molar-refractivity contribution is -0.131. The summed E-state index contributed by atoms with van der Waals surface area (Å²) in [5.74, 6) is 1.78. The maximum Gasteiger partial charge on any atom is 0.257 e. The summed E-state index contributed by atoms with van der Waals surface area (Å²) >= 11 is 0. The second-order valence-corrected chi connectivity index (χ2v) is 10.2. The van der Waals surface area contributed by atoms with Crippen molar-refractivity contribution in [2.45, 2.75) is 101 Å². The molecule has 6 nitrogen and oxygen atoms in total. The van der Waals surface area contributed by atoms with E-state index in [1.54, 1.807) is 11.9 Å². The van der Waals surface area contributed by atoms with Gasteiger partial charge < -0.3 is 10.8 Å². The number of β-amino-alcohol motifs (C(OH)–C–C–N with tert-alkyl or cyclic N) is 1. The molecule has 4 atom stereocenters. The van der Waals surface area contributed by atoms with Gasteiger partial charge in [0.1, 0.15) is 5.54 Å². The fraction of sp³-hybridized carbons (Fsp3) is 0.913. The van der Waals surface area contributed by atoms with Gasteiger partial charge in [-0.05, 0) is 50.4 Å². The number of likely N-dealkylation sites (tertiary alicyclic amines) is 1. The smallest absolute Gasteiger partial charge is 0.257 e. The van der Waals surface area contributed by atoms with Crippen LogP contribution in [0.1, 0.15) is 83.5 Å². The SMILES string of the molecule is CN1C(=O)[C@@](CCC2CCCCC2)(C[C@H]2CCC[C@H](N3CCC(O)C3)C2)N=C1N. The van der Waals surface area contributed by atoms with Crippen molar-refractivity contribution in [3.05, 3.63) is 0 Å². The van der Waals surface area contributed by atoms with Crippen molar-refractivity contribution in [3.8, 4) is 0 Å². The molecule has 1 saturated heterocycles. The molecule has 29 heavy (non-hydrogen) atoms. The molecule has 2 aliphatic heterocycles. The molecule has 4 aliphatic rings. The number of amides is 1. The Morgan fingerprint density at radius 1 is 1.10 bits per heavy atom. The predicted molar refractivity (Wildman–Crippen MR) is 115 cm³/mol. The Morgan fingerprint density at radius 3 is 2.52 bits per heavy atom. The largest absolute Gasteiger partial charge is 0.392 e. The normalized spacial score (nSPS) is 37.3. The fourth-order valence-electron chi connectivity index (χ4n) is 6.43. The van der Waals surface area contributed by atoms with Crippen LogP contribution in [0.15, 0.2) is 4.99 Å². The molecular weight excluding hydrogens is 364 g/mol. The van der Waals surface area contributed by atoms with E-state index in [-0.39, 0.29) is 12.0 Å². The Labute approximate surface area is 175 Å². The molecule has 0 radical (unpaired) electrons. The van der Waals surface area contributed by atoms with Crippen molar-refractivity contribution in [2.75, 3.05) is 20.1 Å². The van der Waals surface area contributed by atoms with Crippen LogP contribution in [0.2, 0.25) is 0 Å². The summed E-state index contributed by atoms with van der Waals surface area (Å²) in [6.45, 7) is 1.83. The summed E-state index contributed by atoms with van der Waals surface area (Å²) in [7, 11) is 1.78. The van der Waals surface area contributed by atoms with E-state index in [9.17, 15) is 9.90 Å². The van der Waals surface area contributed by atoms with Crippen LogP contribution in [0.25, 0.3) is 0 Å². The van der Waals surface area contributed by atoms with Gasteiger partial charge in [0.2, 0.25) is 0 Å². The van der Waals surface area contributed by atoms with E-state index in [1.165, 1.54) is 51.4 Å². The third kappa shape index (κ3) is 4.63. The number of rotatable bonds is 6. The van der Waals surface area contributed by atoms with Gasteiger partial charge >= 0.3 is 0 Å². The second kappa shape index (κ2) is 8.93. The van der Waals surface area contributed by atoms with Crippen LogP contribution in [0.5, 0.6) is 0 Å². The number of nitrogens with zero attached hydrogens (tertiary/aromatic N) is 3. The number of nitrogens with two attached hydrogens (primary N) is 1. The predicted octanol–water partition coefficient (Wildman–Crippen LogP) is 2.89. The Kier molecular flexibility index (Phi) is 6.50. The first-order valence-corrected chi connectivity index (χ1v) is 12.0. The van der Waals surface area contributed by atoms with Crippen LogP contribution < -0.4 is 5.73 Å². The number of hydrogen-bond acceptors (Lipinski definition) is 5. The average molecular weight is 405 g/mol.